The van der Waals surface area contributed by atoms with E-state index in [1.165, 1.54) is 0 Å². The smallest absolute Gasteiger partial charge is 0.240 e. The van der Waals surface area contributed by atoms with Crippen molar-refractivity contribution in [3.8, 4) is 0 Å². The van der Waals surface area contributed by atoms with Gasteiger partial charge in [-0.1, -0.05) is 0 Å². The fraction of sp³-hybridized carbons (Fsp3) is 0.588. The van der Waals surface area contributed by atoms with Gasteiger partial charge < -0.3 is 10.2 Å². The summed E-state index contributed by atoms with van der Waals surface area (Å²) >= 11 is 0. The number of rotatable bonds is 5. The fourth-order valence-corrected chi connectivity index (χ4v) is 3.01. The molecule has 1 aromatic rings. The second-order valence-corrected chi connectivity index (χ2v) is 6.41. The van der Waals surface area contributed by atoms with E-state index in [1.807, 2.05) is 19.1 Å². The maximum absolute atomic E-state index is 12.3. The Hall–Kier alpha value is -1.91. The van der Waals surface area contributed by atoms with Crippen molar-refractivity contribution in [3.63, 3.8) is 0 Å². The first-order valence-electron chi connectivity index (χ1n) is 8.13. The van der Waals surface area contributed by atoms with E-state index in [0.29, 0.717) is 18.9 Å². The summed E-state index contributed by atoms with van der Waals surface area (Å²) in [6.07, 6.45) is 6.55. The van der Waals surface area contributed by atoms with E-state index >= 15 is 0 Å². The first kappa shape index (κ1) is 15.0. The minimum absolute atomic E-state index is 0.0210. The molecule has 0 spiro atoms. The molecular weight excluding hydrogens is 278 g/mol. The third-order valence-corrected chi connectivity index (χ3v) is 4.42. The van der Waals surface area contributed by atoms with Gasteiger partial charge in [0.1, 0.15) is 0 Å². The molecule has 0 radical (unpaired) electrons. The van der Waals surface area contributed by atoms with Gasteiger partial charge in [-0.2, -0.15) is 0 Å². The van der Waals surface area contributed by atoms with Crippen LogP contribution in [0.15, 0.2) is 18.3 Å². The second-order valence-electron chi connectivity index (χ2n) is 6.41. The summed E-state index contributed by atoms with van der Waals surface area (Å²) in [6, 6.07) is 3.98. The maximum atomic E-state index is 12.3. The standard InChI is InChI=1S/C17H23N3O2/c1-12-7-8-18-14(10-12)17(13-5-6-13)19-15(21)11-20-9-3-2-4-16(20)22/h7-8,10,13,17H,2-6,9,11H2,1H3,(H,19,21)/t17-/m0/s1. The zero-order valence-electron chi connectivity index (χ0n) is 13.0. The lowest BCUT2D eigenvalue weighted by Crippen LogP contribution is -2.44. The monoisotopic (exact) mass is 301 g/mol. The van der Waals surface area contributed by atoms with Gasteiger partial charge >= 0.3 is 0 Å². The summed E-state index contributed by atoms with van der Waals surface area (Å²) in [5.41, 5.74) is 2.08. The Morgan fingerprint density at radius 1 is 1.45 bits per heavy atom. The lowest BCUT2D eigenvalue weighted by atomic mass is 10.1. The highest BCUT2D eigenvalue weighted by Gasteiger charge is 2.34. The lowest BCUT2D eigenvalue weighted by molar-refractivity contribution is -0.138. The van der Waals surface area contributed by atoms with Crippen molar-refractivity contribution in [1.29, 1.82) is 0 Å². The molecule has 2 heterocycles. The summed E-state index contributed by atoms with van der Waals surface area (Å²) in [6.45, 7) is 2.90. The van der Waals surface area contributed by atoms with Gasteiger partial charge in [-0.15, -0.1) is 0 Å². The zero-order valence-corrected chi connectivity index (χ0v) is 13.0. The highest BCUT2D eigenvalue weighted by atomic mass is 16.2. The van der Waals surface area contributed by atoms with Crippen LogP contribution in [0.2, 0.25) is 0 Å². The molecule has 22 heavy (non-hydrogen) atoms. The summed E-state index contributed by atoms with van der Waals surface area (Å²) in [5, 5.41) is 3.09. The summed E-state index contributed by atoms with van der Waals surface area (Å²) in [5.74, 6) is 0.504. The van der Waals surface area contributed by atoms with Crippen LogP contribution in [0.1, 0.15) is 49.4 Å². The van der Waals surface area contributed by atoms with Gasteiger partial charge in [-0.05, 0) is 56.2 Å². The lowest BCUT2D eigenvalue weighted by Gasteiger charge is -2.27. The van der Waals surface area contributed by atoms with Crippen molar-refractivity contribution >= 4 is 11.8 Å². The Morgan fingerprint density at radius 2 is 2.27 bits per heavy atom. The first-order chi connectivity index (χ1) is 10.6. The molecule has 2 aliphatic rings. The van der Waals surface area contributed by atoms with Gasteiger partial charge in [-0.25, -0.2) is 0 Å². The highest BCUT2D eigenvalue weighted by molar-refractivity contribution is 5.85. The van der Waals surface area contributed by atoms with E-state index in [0.717, 1.165) is 36.9 Å². The molecule has 2 fully saturated rings. The quantitative estimate of drug-likeness (QED) is 0.904. The van der Waals surface area contributed by atoms with Crippen LogP contribution in [0.5, 0.6) is 0 Å². The zero-order chi connectivity index (χ0) is 15.5. The van der Waals surface area contributed by atoms with Crippen LogP contribution >= 0.6 is 0 Å². The van der Waals surface area contributed by atoms with Crippen LogP contribution in [-0.4, -0.2) is 34.8 Å². The molecule has 1 saturated heterocycles. The number of carbonyl (C=O) groups excluding carboxylic acids is 2. The molecule has 1 aromatic heterocycles. The molecule has 5 heteroatoms. The number of nitrogens with one attached hydrogen (secondary N) is 1. The highest BCUT2D eigenvalue weighted by Crippen LogP contribution is 2.40. The van der Waals surface area contributed by atoms with Crippen LogP contribution in [-0.2, 0) is 9.59 Å². The number of carbonyl (C=O) groups is 2. The fourth-order valence-electron chi connectivity index (χ4n) is 3.01. The first-order valence-corrected chi connectivity index (χ1v) is 8.13. The van der Waals surface area contributed by atoms with Crippen molar-refractivity contribution in [2.45, 2.75) is 45.1 Å². The van der Waals surface area contributed by atoms with Gasteiger partial charge in [0.2, 0.25) is 11.8 Å². The SMILES string of the molecule is Cc1ccnc([C@@H](NC(=O)CN2CCCCC2=O)C2CC2)c1. The molecule has 1 atom stereocenters. The number of likely N-dealkylation sites (tertiary alicyclic amines) is 1. The molecule has 0 unspecified atom stereocenters. The van der Waals surface area contributed by atoms with Crippen molar-refractivity contribution in [3.05, 3.63) is 29.6 Å². The minimum atomic E-state index is -0.0737. The third-order valence-electron chi connectivity index (χ3n) is 4.42. The Bertz CT molecular complexity index is 569. The molecule has 1 aliphatic carbocycles. The molecule has 0 aromatic carbocycles. The number of hydrogen-bond donors (Lipinski definition) is 1. The molecule has 2 amide bonds. The van der Waals surface area contributed by atoms with Gasteiger partial charge in [-0.3, -0.25) is 14.6 Å². The number of aromatic nitrogens is 1. The van der Waals surface area contributed by atoms with Crippen molar-refractivity contribution < 1.29 is 9.59 Å². The van der Waals surface area contributed by atoms with Crippen molar-refractivity contribution in [2.24, 2.45) is 5.92 Å². The number of piperidine rings is 1. The van der Waals surface area contributed by atoms with E-state index in [4.69, 9.17) is 0 Å². The van der Waals surface area contributed by atoms with E-state index in [-0.39, 0.29) is 24.4 Å². The average Bonchev–Trinajstić information content (AvgIpc) is 3.32. The number of pyridine rings is 1. The minimum Gasteiger partial charge on any atom is -0.346 e. The summed E-state index contributed by atoms with van der Waals surface area (Å²) in [7, 11) is 0. The van der Waals surface area contributed by atoms with Crippen LogP contribution < -0.4 is 5.32 Å². The maximum Gasteiger partial charge on any atom is 0.240 e. The van der Waals surface area contributed by atoms with E-state index in [9.17, 15) is 9.59 Å². The van der Waals surface area contributed by atoms with E-state index < -0.39 is 0 Å². The van der Waals surface area contributed by atoms with Gasteiger partial charge in [0, 0.05) is 19.2 Å². The topological polar surface area (TPSA) is 62.3 Å². The summed E-state index contributed by atoms with van der Waals surface area (Å²) in [4.78, 5) is 30.2. The molecule has 1 saturated carbocycles. The van der Waals surface area contributed by atoms with Crippen LogP contribution in [0.3, 0.4) is 0 Å². The van der Waals surface area contributed by atoms with Crippen LogP contribution in [0.4, 0.5) is 0 Å². The van der Waals surface area contributed by atoms with Gasteiger partial charge in [0.15, 0.2) is 0 Å². The normalized spacial score (nSPS) is 19.9. The molecule has 1 aliphatic heterocycles. The van der Waals surface area contributed by atoms with E-state index in [1.54, 1.807) is 11.1 Å². The predicted octanol–water partition coefficient (Wildman–Crippen LogP) is 1.97. The number of hydrogen-bond acceptors (Lipinski definition) is 3. The molecule has 3 rings (SSSR count). The molecule has 0 bridgehead atoms. The van der Waals surface area contributed by atoms with Crippen LogP contribution in [0, 0.1) is 12.8 Å². The Labute approximate surface area is 131 Å². The van der Waals surface area contributed by atoms with Gasteiger partial charge in [0.25, 0.3) is 0 Å². The average molecular weight is 301 g/mol. The Morgan fingerprint density at radius 3 is 2.95 bits per heavy atom. The Kier molecular flexibility index (Phi) is 4.41. The predicted molar refractivity (Wildman–Crippen MR) is 83.0 cm³/mol. The largest absolute Gasteiger partial charge is 0.346 e. The third kappa shape index (κ3) is 3.64. The van der Waals surface area contributed by atoms with E-state index in [2.05, 4.69) is 10.3 Å². The molecule has 1 N–H and O–H groups in total. The molecule has 118 valence electrons. The second kappa shape index (κ2) is 6.46. The van der Waals surface area contributed by atoms with Crippen LogP contribution in [0.25, 0.3) is 0 Å². The number of nitrogens with zero attached hydrogens (tertiary/aromatic N) is 2. The summed E-state index contributed by atoms with van der Waals surface area (Å²) < 4.78 is 0. The van der Waals surface area contributed by atoms with Crippen molar-refractivity contribution in [1.82, 2.24) is 15.2 Å². The molecular formula is C17H23N3O2. The number of amides is 2. The molecule has 5 nitrogen and oxygen atoms in total. The van der Waals surface area contributed by atoms with Crippen molar-refractivity contribution in [2.75, 3.05) is 13.1 Å². The van der Waals surface area contributed by atoms with Gasteiger partial charge in [0.05, 0.1) is 18.3 Å². The Balaban J connectivity index is 1.63. The number of aryl methyl sites for hydroxylation is 1.